The van der Waals surface area contributed by atoms with Crippen LogP contribution in [0.4, 0.5) is 0 Å². The van der Waals surface area contributed by atoms with Crippen LogP contribution in [0.5, 0.6) is 0 Å². The highest BCUT2D eigenvalue weighted by Crippen LogP contribution is 2.75. The molecule has 57 radical (unpaired) electrons. The summed E-state index contributed by atoms with van der Waals surface area (Å²) in [5.74, 6) is 0. The molecule has 0 aliphatic heterocycles. The summed E-state index contributed by atoms with van der Waals surface area (Å²) in [4.78, 5) is 0. The lowest BCUT2D eigenvalue weighted by Crippen LogP contribution is -2.80. The van der Waals surface area contributed by atoms with E-state index in [1.807, 2.05) is 0 Å². The van der Waals surface area contributed by atoms with Crippen LogP contribution in [0.2, 0.25) is 0 Å². The molecule has 55 heavy (non-hydrogen) atoms. The zero-order valence-electron chi connectivity index (χ0n) is 31.5. The molecular weight excluding hydrogens is 635 g/mol. The van der Waals surface area contributed by atoms with E-state index in [-0.39, 0.29) is 0 Å². The summed E-state index contributed by atoms with van der Waals surface area (Å²) < 4.78 is 0. The van der Waals surface area contributed by atoms with Gasteiger partial charge in [-0.15, -0.1) is 0 Å². The third-order valence-electron chi connectivity index (χ3n) is 10.2. The molecule has 0 aromatic carbocycles. The fourth-order valence-electron chi connectivity index (χ4n) is 7.84. The standard InChI is InChI=1S/B53P2/c1-29-43(28)50(42(26)27)54(51(44(30(2)3)31(4)5)45(32(6)7)33(8)9)55(52(46(34(10)11)35(12)13)47(36(14)15)37(16)17)53(48(38(18)19)39(20)21)49(40(22)23)41(24)25. The minimum atomic E-state index is -2.46. The maximum Gasteiger partial charge on any atom is 0.0670 e. The van der Waals surface area contributed by atoms with Crippen LogP contribution in [-0.4, -0.2) is 376 Å². The van der Waals surface area contributed by atoms with Crippen LogP contribution in [-0.2, 0) is 0 Å². The monoisotopic (exact) mass is 645 g/mol. The largest absolute Gasteiger partial charge is 0.203 e. The minimum absolute atomic E-state index is 1.14. The highest BCUT2D eigenvalue weighted by molar-refractivity contribution is 8.84. The maximum atomic E-state index is 6.82. The van der Waals surface area contributed by atoms with Crippen LogP contribution in [0.15, 0.2) is 0 Å². The van der Waals surface area contributed by atoms with Gasteiger partial charge in [0.25, 0.3) is 0 Å². The van der Waals surface area contributed by atoms with Crippen molar-refractivity contribution in [1.82, 2.24) is 0 Å². The first kappa shape index (κ1) is 59.3. The summed E-state index contributed by atoms with van der Waals surface area (Å²) >= 11 is 0. The van der Waals surface area contributed by atoms with E-state index >= 15 is 0 Å². The SMILES string of the molecule is [B][B]B([B])B(B([B])[B])P(B(B(B([B])[B])B([B])[B])B(B([B])[B])B([B])[B])P(B(B(B([B])[B])B([B])[B])B(B([B])[B])B([B])[B])B(B(B([B])[B])B([B])[B])B(B([B])[B])B([B])[B]. The van der Waals surface area contributed by atoms with Gasteiger partial charge in [-0.1, -0.05) is 0 Å². The zero-order valence-corrected chi connectivity index (χ0v) is 33.3. The molecule has 0 bridgehead atoms. The zero-order chi connectivity index (χ0) is 43.7. The Labute approximate surface area is 387 Å². The highest BCUT2D eigenvalue weighted by atomic mass is 32.1. The quantitative estimate of drug-likeness (QED) is 0.0656. The maximum absolute atomic E-state index is 6.82. The summed E-state index contributed by atoms with van der Waals surface area (Å²) in [6, 6.07) is 0. The third kappa shape index (κ3) is 16.4. The first-order valence-corrected chi connectivity index (χ1v) is 21.2. The molecule has 0 saturated heterocycles. The van der Waals surface area contributed by atoms with E-state index in [1.54, 1.807) is 0 Å². The Kier molecular flexibility index (Phi) is 29.7. The van der Waals surface area contributed by atoms with Gasteiger partial charge in [-0.3, -0.25) is 0 Å². The first-order valence-electron chi connectivity index (χ1n) is 17.6. The van der Waals surface area contributed by atoms with Crippen LogP contribution < -0.4 is 0 Å². The van der Waals surface area contributed by atoms with Crippen molar-refractivity contribution in [1.29, 1.82) is 0 Å². The fraction of sp³-hybridized carbons (Fsp3) is 0. The van der Waals surface area contributed by atoms with Crippen molar-refractivity contribution >= 4 is 391 Å². The number of hydrogen-bond donors (Lipinski definition) is 0. The van der Waals surface area contributed by atoms with Crippen molar-refractivity contribution in [3.63, 3.8) is 0 Å². The second-order valence-electron chi connectivity index (χ2n) is 14.5. The second kappa shape index (κ2) is 27.6. The molecule has 0 aromatic heterocycles. The van der Waals surface area contributed by atoms with E-state index in [0.717, 1.165) is 7.06 Å². The van der Waals surface area contributed by atoms with Crippen LogP contribution in [0.3, 0.4) is 0 Å². The van der Waals surface area contributed by atoms with Crippen molar-refractivity contribution in [2.45, 2.75) is 0 Å². The summed E-state index contributed by atoms with van der Waals surface area (Å²) in [6.45, 7) is 0. The van der Waals surface area contributed by atoms with Crippen LogP contribution in [0.1, 0.15) is 0 Å². The van der Waals surface area contributed by atoms with Crippen molar-refractivity contribution in [3.8, 4) is 0 Å². The molecule has 169 valence electrons. The van der Waals surface area contributed by atoms with Gasteiger partial charge in [0, 0.05) is 351 Å². The minimum Gasteiger partial charge on any atom is -0.203 e. The molecule has 0 aromatic rings. The Morgan fingerprint density at radius 1 is 0.218 bits per heavy atom. The van der Waals surface area contributed by atoms with Crippen LogP contribution >= 0.6 is 14.7 Å². The lowest BCUT2D eigenvalue weighted by Gasteiger charge is -2.61. The number of rotatable bonds is 26. The molecule has 0 rings (SSSR count). The molecule has 0 amide bonds. The Bertz CT molecular complexity index is 830. The van der Waals surface area contributed by atoms with E-state index in [9.17, 15) is 0 Å². The molecule has 0 aliphatic carbocycles. The average molecular weight is 635 g/mol. The molecule has 0 aliphatic rings. The Hall–Kier alpha value is 4.30. The van der Waals surface area contributed by atoms with E-state index in [0.29, 0.717) is 0 Å². The molecular formula is B53P2. The van der Waals surface area contributed by atoms with Crippen molar-refractivity contribution in [3.05, 3.63) is 0 Å². The van der Waals surface area contributed by atoms with Gasteiger partial charge in [0.1, 0.15) is 0 Å². The Morgan fingerprint density at radius 2 is 0.364 bits per heavy atom. The average Bonchev–Trinajstić information content (AvgIpc) is 2.97. The van der Waals surface area contributed by atoms with Crippen LogP contribution in [0, 0.1) is 0 Å². The van der Waals surface area contributed by atoms with E-state index in [4.69, 9.17) is 217 Å². The molecule has 0 heterocycles. The van der Waals surface area contributed by atoms with E-state index in [1.165, 1.54) is 0 Å². The van der Waals surface area contributed by atoms with E-state index in [2.05, 4.69) is 0 Å². The van der Waals surface area contributed by atoms with Gasteiger partial charge in [0.05, 0.1) is 24.9 Å². The predicted octanol–water partition coefficient (Wildman–Crippen LogP) is -18.5. The summed E-state index contributed by atoms with van der Waals surface area (Å²) in [5.41, 5.74) is 0. The van der Waals surface area contributed by atoms with Crippen molar-refractivity contribution < 1.29 is 0 Å². The van der Waals surface area contributed by atoms with Crippen LogP contribution in [0.25, 0.3) is 0 Å². The smallest absolute Gasteiger partial charge is 0.0670 e. The molecule has 1 unspecified atom stereocenters. The molecule has 0 saturated carbocycles. The van der Waals surface area contributed by atoms with Crippen molar-refractivity contribution in [2.75, 3.05) is 0 Å². The summed E-state index contributed by atoms with van der Waals surface area (Å²) in [5, 5.41) is 0. The van der Waals surface area contributed by atoms with Gasteiger partial charge < -0.3 is 0 Å². The molecule has 0 N–H and O–H groups in total. The molecule has 1 atom stereocenters. The lowest BCUT2D eigenvalue weighted by molar-refractivity contribution is 3.33. The third-order valence-corrected chi connectivity index (χ3v) is 20.7. The van der Waals surface area contributed by atoms with Gasteiger partial charge in [0.15, 0.2) is 0 Å². The fourth-order valence-corrected chi connectivity index (χ4v) is 22.6. The number of hydrogen-bond acceptors (Lipinski definition) is 0. The molecule has 55 heteroatoms. The normalized spacial score (nSPS) is 10.5. The summed E-state index contributed by atoms with van der Waals surface area (Å²) in [7, 11) is 179. The topological polar surface area (TPSA) is 0 Å². The van der Waals surface area contributed by atoms with Gasteiger partial charge in [-0.05, 0) is 0 Å². The van der Waals surface area contributed by atoms with Gasteiger partial charge in [0.2, 0.25) is 0 Å². The molecule has 0 fully saturated rings. The summed E-state index contributed by atoms with van der Waals surface area (Å²) in [6.07, 6.45) is -31.0. The molecule has 0 spiro atoms. The first-order chi connectivity index (χ1) is 25.0. The Balaban J connectivity index is 10.1. The van der Waals surface area contributed by atoms with Gasteiger partial charge in [-0.25, -0.2) is 14.7 Å². The van der Waals surface area contributed by atoms with Crippen molar-refractivity contribution in [2.24, 2.45) is 0 Å². The van der Waals surface area contributed by atoms with Gasteiger partial charge in [-0.2, -0.15) is 0 Å². The predicted molar refractivity (Wildman–Crippen MR) is 319 cm³/mol. The lowest BCUT2D eigenvalue weighted by atomic mass is 8.51. The second-order valence-corrected chi connectivity index (χ2v) is 21.1. The van der Waals surface area contributed by atoms with E-state index < -0.39 is 167 Å². The van der Waals surface area contributed by atoms with Gasteiger partial charge >= 0.3 is 0 Å². The molecule has 0 nitrogen and oxygen atoms in total. The Morgan fingerprint density at radius 3 is 0.473 bits per heavy atom. The highest BCUT2D eigenvalue weighted by Gasteiger charge is 2.59.